The van der Waals surface area contributed by atoms with Crippen molar-refractivity contribution in [3.63, 3.8) is 0 Å². The fourth-order valence-electron chi connectivity index (χ4n) is 11.9. The molecule has 97 heavy (non-hydrogen) atoms. The number of aliphatic hydroxyl groups is 1. The van der Waals surface area contributed by atoms with Crippen molar-refractivity contribution in [2.75, 3.05) is 39.6 Å². The lowest BCUT2D eigenvalue weighted by Gasteiger charge is -2.21. The van der Waals surface area contributed by atoms with Crippen LogP contribution in [0, 0.1) is 17.8 Å². The van der Waals surface area contributed by atoms with Crippen molar-refractivity contribution in [2.24, 2.45) is 17.8 Å². The van der Waals surface area contributed by atoms with E-state index >= 15 is 0 Å². The Morgan fingerprint density at radius 2 is 0.526 bits per heavy atom. The van der Waals surface area contributed by atoms with Gasteiger partial charge < -0.3 is 33.8 Å². The van der Waals surface area contributed by atoms with E-state index in [1.54, 1.807) is 0 Å². The van der Waals surface area contributed by atoms with Gasteiger partial charge in [0.15, 0.2) is 12.2 Å². The summed E-state index contributed by atoms with van der Waals surface area (Å²) in [7, 11) is -9.92. The first-order valence-corrected chi connectivity index (χ1v) is 43.4. The fraction of sp³-hybridized carbons (Fsp3) is 0.949. The number of hydrogen-bond donors (Lipinski definition) is 3. The van der Waals surface area contributed by atoms with Crippen LogP contribution in [-0.2, 0) is 65.4 Å². The minimum atomic E-state index is -4.96. The van der Waals surface area contributed by atoms with Crippen molar-refractivity contribution in [2.45, 2.75) is 420 Å². The van der Waals surface area contributed by atoms with Gasteiger partial charge in [-0.1, -0.05) is 350 Å². The first kappa shape index (κ1) is 95.1. The van der Waals surface area contributed by atoms with Crippen molar-refractivity contribution < 1.29 is 80.2 Å². The number of ether oxygens (including phenoxy) is 4. The number of phosphoric acid groups is 2. The number of aliphatic hydroxyl groups excluding tert-OH is 1. The molecular weight excluding hydrogens is 1270 g/mol. The van der Waals surface area contributed by atoms with Gasteiger partial charge >= 0.3 is 39.5 Å². The summed E-state index contributed by atoms with van der Waals surface area (Å²) in [6, 6.07) is 0. The van der Waals surface area contributed by atoms with Crippen molar-refractivity contribution >= 4 is 39.5 Å². The summed E-state index contributed by atoms with van der Waals surface area (Å²) < 4.78 is 68.6. The van der Waals surface area contributed by atoms with E-state index in [1.807, 2.05) is 0 Å². The van der Waals surface area contributed by atoms with Crippen LogP contribution < -0.4 is 0 Å². The largest absolute Gasteiger partial charge is 0.472 e. The molecule has 0 aliphatic heterocycles. The molecular formula is C78H152O17P2. The summed E-state index contributed by atoms with van der Waals surface area (Å²) in [6.07, 6.45) is 55.5. The van der Waals surface area contributed by atoms with Gasteiger partial charge in [0.05, 0.1) is 26.4 Å². The molecule has 0 saturated carbocycles. The maximum absolute atomic E-state index is 13.1. The summed E-state index contributed by atoms with van der Waals surface area (Å²) in [5.41, 5.74) is 0. The predicted molar refractivity (Wildman–Crippen MR) is 395 cm³/mol. The summed E-state index contributed by atoms with van der Waals surface area (Å²) in [6.45, 7) is 11.9. The number of phosphoric ester groups is 2. The van der Waals surface area contributed by atoms with Gasteiger partial charge in [-0.2, -0.15) is 0 Å². The zero-order valence-electron chi connectivity index (χ0n) is 63.5. The fourth-order valence-corrected chi connectivity index (χ4v) is 13.5. The second kappa shape index (κ2) is 68.5. The van der Waals surface area contributed by atoms with E-state index in [1.165, 1.54) is 205 Å². The van der Waals surface area contributed by atoms with Crippen LogP contribution in [0.2, 0.25) is 0 Å². The number of hydrogen-bond acceptors (Lipinski definition) is 15. The van der Waals surface area contributed by atoms with Crippen LogP contribution >= 0.6 is 15.6 Å². The molecule has 0 radical (unpaired) electrons. The number of esters is 4. The Morgan fingerprint density at radius 3 is 0.784 bits per heavy atom. The Kier molecular flexibility index (Phi) is 67.1. The summed E-state index contributed by atoms with van der Waals surface area (Å²) in [4.78, 5) is 72.9. The third-order valence-electron chi connectivity index (χ3n) is 18.9. The maximum atomic E-state index is 13.1. The Labute approximate surface area is 594 Å². The average Bonchev–Trinajstić information content (AvgIpc) is 1.66. The van der Waals surface area contributed by atoms with Crippen LogP contribution in [0.4, 0.5) is 0 Å². The molecule has 3 N–H and O–H groups in total. The second-order valence-electron chi connectivity index (χ2n) is 29.1. The molecule has 7 atom stereocenters. The normalized spacial score (nSPS) is 14.6. The Morgan fingerprint density at radius 1 is 0.299 bits per heavy atom. The Balaban J connectivity index is 5.25. The highest BCUT2D eigenvalue weighted by atomic mass is 31.2. The van der Waals surface area contributed by atoms with Crippen molar-refractivity contribution in [3.8, 4) is 0 Å². The van der Waals surface area contributed by atoms with E-state index in [-0.39, 0.29) is 25.7 Å². The molecule has 0 aromatic heterocycles. The number of carbonyl (C=O) groups is 4. The van der Waals surface area contributed by atoms with Gasteiger partial charge in [0.1, 0.15) is 19.3 Å². The minimum Gasteiger partial charge on any atom is -0.462 e. The lowest BCUT2D eigenvalue weighted by molar-refractivity contribution is -0.161. The molecule has 0 heterocycles. The minimum absolute atomic E-state index is 0.104. The van der Waals surface area contributed by atoms with Gasteiger partial charge in [-0.05, 0) is 43.4 Å². The predicted octanol–water partition coefficient (Wildman–Crippen LogP) is 23.0. The molecule has 0 saturated heterocycles. The van der Waals surface area contributed by atoms with Crippen LogP contribution in [0.15, 0.2) is 0 Å². The number of carbonyl (C=O) groups excluding carboxylic acids is 4. The molecule has 19 heteroatoms. The lowest BCUT2D eigenvalue weighted by Crippen LogP contribution is -2.30. The van der Waals surface area contributed by atoms with Gasteiger partial charge in [0, 0.05) is 25.7 Å². The standard InChI is InChI=1S/C78H152O17P2/c1-8-11-12-13-14-15-16-17-18-19-20-21-26-29-32-38-47-54-61-77(82)94-73(65-88-75(80)59-52-45-37-31-28-25-23-22-24-27-30-35-42-49-56-69(4)5)67-92-96(84,85)90-63-72(79)64-91-97(86,87)93-68-74(66-89-76(81)60-53-46-41-40-44-51-58-71(7)10-3)95-78(83)62-55-48-39-34-33-36-43-50-57-70(6)9-2/h69-74,79H,8-68H2,1-7H3,(H,84,85)(H,86,87)/t70?,71?,72-,73-,74-/m1/s1. The SMILES string of the molecule is CCCCCCCCCCCCCCCCCCCCC(=O)O[C@H](COC(=O)CCCCCCCCCCCCCCCCC(C)C)COP(=O)(O)OC[C@@H](O)COP(=O)(O)OC[C@@H](COC(=O)CCCCCCCCC(C)CC)OC(=O)CCCCCCCCCCC(C)CC. The van der Waals surface area contributed by atoms with E-state index in [2.05, 4.69) is 48.5 Å². The van der Waals surface area contributed by atoms with E-state index in [0.29, 0.717) is 25.7 Å². The van der Waals surface area contributed by atoms with Crippen LogP contribution in [-0.4, -0.2) is 96.7 Å². The molecule has 0 aromatic carbocycles. The van der Waals surface area contributed by atoms with E-state index < -0.39 is 97.5 Å². The molecule has 0 rings (SSSR count). The topological polar surface area (TPSA) is 237 Å². The van der Waals surface area contributed by atoms with Gasteiger partial charge in [-0.25, -0.2) is 9.13 Å². The third-order valence-corrected chi connectivity index (χ3v) is 20.8. The molecule has 0 fully saturated rings. The molecule has 0 amide bonds. The molecule has 0 bridgehead atoms. The Bertz CT molecular complexity index is 1890. The Hall–Kier alpha value is -1.94. The molecule has 0 aliphatic carbocycles. The molecule has 0 aliphatic rings. The number of unbranched alkanes of at least 4 members (excludes halogenated alkanes) is 42. The first-order valence-electron chi connectivity index (χ1n) is 40.4. The van der Waals surface area contributed by atoms with E-state index in [0.717, 1.165) is 114 Å². The molecule has 4 unspecified atom stereocenters. The quantitative estimate of drug-likeness (QED) is 0.0222. The van der Waals surface area contributed by atoms with Crippen LogP contribution in [0.5, 0.6) is 0 Å². The van der Waals surface area contributed by atoms with E-state index in [9.17, 15) is 43.2 Å². The lowest BCUT2D eigenvalue weighted by atomic mass is 9.99. The zero-order chi connectivity index (χ0) is 71.6. The van der Waals surface area contributed by atoms with Gasteiger partial charge in [-0.3, -0.25) is 37.3 Å². The second-order valence-corrected chi connectivity index (χ2v) is 32.0. The zero-order valence-corrected chi connectivity index (χ0v) is 65.3. The highest BCUT2D eigenvalue weighted by Gasteiger charge is 2.30. The number of rotatable bonds is 76. The van der Waals surface area contributed by atoms with Crippen LogP contribution in [0.25, 0.3) is 0 Å². The molecule has 0 aromatic rings. The maximum Gasteiger partial charge on any atom is 0.472 e. The highest BCUT2D eigenvalue weighted by molar-refractivity contribution is 7.47. The average molecular weight is 1420 g/mol. The highest BCUT2D eigenvalue weighted by Crippen LogP contribution is 2.45. The summed E-state index contributed by atoms with van der Waals surface area (Å²) in [5, 5.41) is 10.6. The van der Waals surface area contributed by atoms with Crippen molar-refractivity contribution in [3.05, 3.63) is 0 Å². The third kappa shape index (κ3) is 69.5. The molecule has 17 nitrogen and oxygen atoms in total. The van der Waals surface area contributed by atoms with Crippen molar-refractivity contribution in [1.29, 1.82) is 0 Å². The monoisotopic (exact) mass is 1420 g/mol. The van der Waals surface area contributed by atoms with E-state index in [4.69, 9.17) is 37.0 Å². The smallest absolute Gasteiger partial charge is 0.462 e. The molecule has 576 valence electrons. The van der Waals surface area contributed by atoms with Crippen molar-refractivity contribution in [1.82, 2.24) is 0 Å². The molecule has 0 spiro atoms. The van der Waals surface area contributed by atoms with Crippen LogP contribution in [0.3, 0.4) is 0 Å². The summed E-state index contributed by atoms with van der Waals surface area (Å²) in [5.74, 6) is 0.182. The first-order chi connectivity index (χ1) is 46.8. The van der Waals surface area contributed by atoms with Gasteiger partial charge in [0.2, 0.25) is 0 Å². The van der Waals surface area contributed by atoms with Gasteiger partial charge in [0.25, 0.3) is 0 Å². The summed E-state index contributed by atoms with van der Waals surface area (Å²) >= 11 is 0. The van der Waals surface area contributed by atoms with Gasteiger partial charge in [-0.15, -0.1) is 0 Å². The van der Waals surface area contributed by atoms with Crippen LogP contribution in [0.1, 0.15) is 402 Å².